The second kappa shape index (κ2) is 6.61. The topological polar surface area (TPSA) is 58.6 Å². The number of amides is 2. The first kappa shape index (κ1) is 15.4. The van der Waals surface area contributed by atoms with Crippen LogP contribution in [0.2, 0.25) is 0 Å². The van der Waals surface area contributed by atoms with E-state index in [0.717, 1.165) is 5.75 Å². The van der Waals surface area contributed by atoms with Crippen molar-refractivity contribution in [2.75, 3.05) is 19.7 Å². The van der Waals surface area contributed by atoms with Gasteiger partial charge in [0.1, 0.15) is 17.9 Å². The van der Waals surface area contributed by atoms with Crippen LogP contribution in [0.4, 0.5) is 0 Å². The quantitative estimate of drug-likeness (QED) is 0.895. The Labute approximate surface area is 125 Å². The van der Waals surface area contributed by atoms with Crippen molar-refractivity contribution in [2.45, 2.75) is 32.2 Å². The van der Waals surface area contributed by atoms with Crippen LogP contribution in [0, 0.1) is 0 Å². The first-order valence-electron chi connectivity index (χ1n) is 7.33. The van der Waals surface area contributed by atoms with Gasteiger partial charge in [0.05, 0.1) is 6.54 Å². The fourth-order valence-corrected chi connectivity index (χ4v) is 2.35. The molecule has 1 unspecified atom stereocenters. The zero-order chi connectivity index (χ0) is 15.3. The smallest absolute Gasteiger partial charge is 0.248 e. The Morgan fingerprint density at radius 1 is 1.29 bits per heavy atom. The minimum Gasteiger partial charge on any atom is -0.492 e. The summed E-state index contributed by atoms with van der Waals surface area (Å²) < 4.78 is 5.63. The fraction of sp³-hybridized carbons (Fsp3) is 0.500. The van der Waals surface area contributed by atoms with Crippen molar-refractivity contribution in [3.8, 4) is 5.75 Å². The molecule has 2 amide bonds. The highest BCUT2D eigenvalue weighted by Crippen LogP contribution is 2.17. The molecule has 21 heavy (non-hydrogen) atoms. The van der Waals surface area contributed by atoms with Crippen LogP contribution in [-0.4, -0.2) is 41.9 Å². The molecule has 0 saturated carbocycles. The second-order valence-electron chi connectivity index (χ2n) is 5.44. The third kappa shape index (κ3) is 3.74. The second-order valence-corrected chi connectivity index (χ2v) is 5.44. The highest BCUT2D eigenvalue weighted by molar-refractivity contribution is 5.93. The standard InChI is InChI=1S/C16H22N2O3/c1-3-16(2)15(20)18(10-9-14(19)17-16)11-12-21-13-7-5-4-6-8-13/h4-8H,3,9-12H2,1-2H3,(H,17,19). The number of nitrogens with zero attached hydrogens (tertiary/aromatic N) is 1. The Morgan fingerprint density at radius 3 is 2.67 bits per heavy atom. The van der Waals surface area contributed by atoms with Crippen molar-refractivity contribution < 1.29 is 14.3 Å². The van der Waals surface area contributed by atoms with Gasteiger partial charge in [-0.2, -0.15) is 0 Å². The van der Waals surface area contributed by atoms with E-state index >= 15 is 0 Å². The van der Waals surface area contributed by atoms with Crippen molar-refractivity contribution in [1.29, 1.82) is 0 Å². The average molecular weight is 290 g/mol. The molecule has 0 bridgehead atoms. The van der Waals surface area contributed by atoms with Crippen molar-refractivity contribution >= 4 is 11.8 Å². The van der Waals surface area contributed by atoms with E-state index < -0.39 is 5.54 Å². The van der Waals surface area contributed by atoms with Gasteiger partial charge in [-0.3, -0.25) is 9.59 Å². The van der Waals surface area contributed by atoms with Crippen LogP contribution in [0.3, 0.4) is 0 Å². The van der Waals surface area contributed by atoms with Gasteiger partial charge in [0.2, 0.25) is 11.8 Å². The van der Waals surface area contributed by atoms with Gasteiger partial charge < -0.3 is 15.0 Å². The molecule has 114 valence electrons. The van der Waals surface area contributed by atoms with Gasteiger partial charge in [0.15, 0.2) is 0 Å². The van der Waals surface area contributed by atoms with Gasteiger partial charge in [0.25, 0.3) is 0 Å². The molecule has 1 aromatic rings. The van der Waals surface area contributed by atoms with E-state index in [4.69, 9.17) is 4.74 Å². The molecule has 1 aromatic carbocycles. The molecule has 1 saturated heterocycles. The molecule has 0 aromatic heterocycles. The van der Waals surface area contributed by atoms with E-state index in [1.54, 1.807) is 11.8 Å². The molecular weight excluding hydrogens is 268 g/mol. The van der Waals surface area contributed by atoms with Crippen LogP contribution in [0.25, 0.3) is 0 Å². The molecule has 1 fully saturated rings. The maximum atomic E-state index is 12.5. The van der Waals surface area contributed by atoms with Crippen molar-refractivity contribution in [3.63, 3.8) is 0 Å². The lowest BCUT2D eigenvalue weighted by Crippen LogP contribution is -2.55. The Morgan fingerprint density at radius 2 is 2.00 bits per heavy atom. The number of para-hydroxylation sites is 1. The maximum absolute atomic E-state index is 12.5. The van der Waals surface area contributed by atoms with Gasteiger partial charge in [-0.15, -0.1) is 0 Å². The van der Waals surface area contributed by atoms with Crippen LogP contribution in [0.5, 0.6) is 5.75 Å². The van der Waals surface area contributed by atoms with Gasteiger partial charge in [-0.1, -0.05) is 25.1 Å². The third-order valence-corrected chi connectivity index (χ3v) is 3.86. The molecule has 1 N–H and O–H groups in total. The number of nitrogens with one attached hydrogen (secondary N) is 1. The Balaban J connectivity index is 1.95. The van der Waals surface area contributed by atoms with Crippen LogP contribution in [0.1, 0.15) is 26.7 Å². The summed E-state index contributed by atoms with van der Waals surface area (Å²) in [5, 5.41) is 2.82. The van der Waals surface area contributed by atoms with Crippen LogP contribution in [-0.2, 0) is 9.59 Å². The minimum atomic E-state index is -0.805. The summed E-state index contributed by atoms with van der Waals surface area (Å²) >= 11 is 0. The molecular formula is C16H22N2O3. The molecule has 1 atom stereocenters. The van der Waals surface area contributed by atoms with Crippen molar-refractivity contribution in [2.24, 2.45) is 0 Å². The van der Waals surface area contributed by atoms with E-state index in [-0.39, 0.29) is 11.8 Å². The Kier molecular flexibility index (Phi) is 4.83. The van der Waals surface area contributed by atoms with Crippen molar-refractivity contribution in [1.82, 2.24) is 10.2 Å². The average Bonchev–Trinajstić information content (AvgIpc) is 2.60. The van der Waals surface area contributed by atoms with Crippen LogP contribution < -0.4 is 10.1 Å². The first-order chi connectivity index (χ1) is 10.0. The Bertz CT molecular complexity index is 504. The lowest BCUT2D eigenvalue weighted by atomic mass is 9.97. The van der Waals surface area contributed by atoms with Crippen LogP contribution >= 0.6 is 0 Å². The van der Waals surface area contributed by atoms with Gasteiger partial charge in [-0.05, 0) is 25.5 Å². The molecule has 0 aliphatic carbocycles. The summed E-state index contributed by atoms with van der Waals surface area (Å²) in [6.45, 7) is 5.03. The number of ether oxygens (including phenoxy) is 1. The summed E-state index contributed by atoms with van der Waals surface area (Å²) in [6.07, 6.45) is 0.917. The first-order valence-corrected chi connectivity index (χ1v) is 7.33. The summed E-state index contributed by atoms with van der Waals surface area (Å²) in [5.74, 6) is 0.680. The number of carbonyl (C=O) groups is 2. The summed E-state index contributed by atoms with van der Waals surface area (Å²) in [6, 6.07) is 9.50. The number of hydrogen-bond acceptors (Lipinski definition) is 3. The predicted octanol–water partition coefficient (Wildman–Crippen LogP) is 1.58. The third-order valence-electron chi connectivity index (χ3n) is 3.86. The summed E-state index contributed by atoms with van der Waals surface area (Å²) in [7, 11) is 0. The van der Waals surface area contributed by atoms with Crippen LogP contribution in [0.15, 0.2) is 30.3 Å². The van der Waals surface area contributed by atoms with E-state index in [2.05, 4.69) is 5.32 Å². The largest absolute Gasteiger partial charge is 0.492 e. The van der Waals surface area contributed by atoms with Crippen molar-refractivity contribution in [3.05, 3.63) is 30.3 Å². The SMILES string of the molecule is CCC1(C)NC(=O)CCN(CCOc2ccccc2)C1=O. The van der Waals surface area contributed by atoms with E-state index in [9.17, 15) is 9.59 Å². The highest BCUT2D eigenvalue weighted by Gasteiger charge is 2.38. The highest BCUT2D eigenvalue weighted by atomic mass is 16.5. The van der Waals surface area contributed by atoms with E-state index in [1.165, 1.54) is 0 Å². The van der Waals surface area contributed by atoms with E-state index in [0.29, 0.717) is 32.5 Å². The minimum absolute atomic E-state index is 0.0347. The number of benzene rings is 1. The Hall–Kier alpha value is -2.04. The van der Waals surface area contributed by atoms with Gasteiger partial charge in [-0.25, -0.2) is 0 Å². The van der Waals surface area contributed by atoms with E-state index in [1.807, 2.05) is 37.3 Å². The lowest BCUT2D eigenvalue weighted by Gasteiger charge is -2.31. The lowest BCUT2D eigenvalue weighted by molar-refractivity contribution is -0.138. The zero-order valence-electron chi connectivity index (χ0n) is 12.6. The number of hydrogen-bond donors (Lipinski definition) is 1. The molecule has 5 nitrogen and oxygen atoms in total. The monoisotopic (exact) mass is 290 g/mol. The fourth-order valence-electron chi connectivity index (χ4n) is 2.35. The molecule has 1 aliphatic heterocycles. The normalized spacial score (nSPS) is 22.7. The molecule has 1 heterocycles. The maximum Gasteiger partial charge on any atom is 0.248 e. The number of carbonyl (C=O) groups excluding carboxylic acids is 2. The molecule has 0 radical (unpaired) electrons. The number of rotatable bonds is 5. The summed E-state index contributed by atoms with van der Waals surface area (Å²) in [4.78, 5) is 26.0. The zero-order valence-corrected chi connectivity index (χ0v) is 12.6. The summed E-state index contributed by atoms with van der Waals surface area (Å²) in [5.41, 5.74) is -0.805. The van der Waals surface area contributed by atoms with Gasteiger partial charge in [0, 0.05) is 13.0 Å². The molecule has 2 rings (SSSR count). The molecule has 1 aliphatic rings. The predicted molar refractivity (Wildman–Crippen MR) is 80.0 cm³/mol. The molecule has 0 spiro atoms. The van der Waals surface area contributed by atoms with Gasteiger partial charge >= 0.3 is 0 Å². The molecule has 5 heteroatoms.